The van der Waals surface area contributed by atoms with Gasteiger partial charge in [-0.05, 0) is 24.2 Å². The first kappa shape index (κ1) is 9.56. The second-order valence-corrected chi connectivity index (χ2v) is 4.67. The van der Waals surface area contributed by atoms with Gasteiger partial charge in [0.2, 0.25) is 0 Å². The Morgan fingerprint density at radius 1 is 1.50 bits per heavy atom. The molecule has 0 heterocycles. The molecule has 0 amide bonds. The molecule has 1 saturated carbocycles. The first-order valence-electron chi connectivity index (χ1n) is 4.68. The lowest BCUT2D eigenvalue weighted by Gasteiger charge is -2.40. The molecule has 70 valence electrons. The van der Waals surface area contributed by atoms with Crippen LogP contribution in [0.4, 0.5) is 0 Å². The summed E-state index contributed by atoms with van der Waals surface area (Å²) in [7, 11) is 0. The van der Waals surface area contributed by atoms with Crippen LogP contribution in [0.1, 0.15) is 40.0 Å². The van der Waals surface area contributed by atoms with Gasteiger partial charge < -0.3 is 5.11 Å². The summed E-state index contributed by atoms with van der Waals surface area (Å²) in [6, 6.07) is 0. The van der Waals surface area contributed by atoms with Crippen LogP contribution in [0.2, 0.25) is 0 Å². The first-order valence-corrected chi connectivity index (χ1v) is 4.68. The molecule has 0 aromatic heterocycles. The minimum atomic E-state index is -0.618. The van der Waals surface area contributed by atoms with E-state index < -0.39 is 5.97 Å². The van der Waals surface area contributed by atoms with Crippen LogP contribution in [-0.4, -0.2) is 11.1 Å². The van der Waals surface area contributed by atoms with Crippen molar-refractivity contribution >= 4 is 5.97 Å². The topological polar surface area (TPSA) is 37.3 Å². The van der Waals surface area contributed by atoms with Crippen LogP contribution in [0.15, 0.2) is 0 Å². The summed E-state index contributed by atoms with van der Waals surface area (Å²) < 4.78 is 0. The van der Waals surface area contributed by atoms with Crippen LogP contribution in [0.3, 0.4) is 0 Å². The summed E-state index contributed by atoms with van der Waals surface area (Å²) in [4.78, 5) is 11.0. The number of hydrogen-bond donors (Lipinski definition) is 1. The van der Waals surface area contributed by atoms with Crippen molar-refractivity contribution in [1.82, 2.24) is 0 Å². The average molecular weight is 170 g/mol. The molecule has 0 aliphatic heterocycles. The second-order valence-electron chi connectivity index (χ2n) is 4.67. The van der Waals surface area contributed by atoms with E-state index in [1.54, 1.807) is 0 Å². The third-order valence-corrected chi connectivity index (χ3v) is 3.16. The highest BCUT2D eigenvalue weighted by Gasteiger charge is 2.41. The van der Waals surface area contributed by atoms with E-state index in [0.717, 1.165) is 12.8 Å². The van der Waals surface area contributed by atoms with E-state index >= 15 is 0 Å². The van der Waals surface area contributed by atoms with Gasteiger partial charge >= 0.3 is 5.97 Å². The molecule has 1 aliphatic rings. The summed E-state index contributed by atoms with van der Waals surface area (Å²) in [5.41, 5.74) is -0.0104. The predicted molar refractivity (Wildman–Crippen MR) is 47.9 cm³/mol. The molecule has 1 rings (SSSR count). The van der Waals surface area contributed by atoms with Crippen molar-refractivity contribution in [2.75, 3.05) is 0 Å². The minimum absolute atomic E-state index is 0.0104. The van der Waals surface area contributed by atoms with Gasteiger partial charge in [-0.3, -0.25) is 4.79 Å². The zero-order valence-electron chi connectivity index (χ0n) is 8.13. The maximum Gasteiger partial charge on any atom is 0.307 e. The summed E-state index contributed by atoms with van der Waals surface area (Å²) in [5, 5.41) is 9.04. The highest BCUT2D eigenvalue weighted by molar-refractivity contribution is 5.71. The molecule has 0 aromatic rings. The molecule has 0 unspecified atom stereocenters. The molecule has 2 atom stereocenters. The molecule has 12 heavy (non-hydrogen) atoms. The van der Waals surface area contributed by atoms with E-state index in [1.165, 1.54) is 6.42 Å². The van der Waals surface area contributed by atoms with Crippen LogP contribution in [0.25, 0.3) is 0 Å². The van der Waals surface area contributed by atoms with Crippen LogP contribution in [0.5, 0.6) is 0 Å². The van der Waals surface area contributed by atoms with Gasteiger partial charge in [0.25, 0.3) is 0 Å². The monoisotopic (exact) mass is 170 g/mol. The molecule has 1 N–H and O–H groups in total. The molecule has 1 aliphatic carbocycles. The number of aliphatic carboxylic acids is 1. The fourth-order valence-corrected chi connectivity index (χ4v) is 2.55. The van der Waals surface area contributed by atoms with E-state index in [4.69, 9.17) is 5.11 Å². The highest BCUT2D eigenvalue weighted by Crippen LogP contribution is 2.43. The zero-order valence-corrected chi connectivity index (χ0v) is 8.13. The van der Waals surface area contributed by atoms with E-state index in [1.807, 2.05) is 0 Å². The molecule has 0 saturated heterocycles. The fourth-order valence-electron chi connectivity index (χ4n) is 2.55. The molecule has 0 aromatic carbocycles. The standard InChI is InChI=1S/C10H18O2/c1-7-5-4-6-10(2,3)8(7)9(11)12/h7-8H,4-6H2,1-3H3,(H,11,12)/t7-,8+/m0/s1. The van der Waals surface area contributed by atoms with Crippen molar-refractivity contribution in [3.8, 4) is 0 Å². The molecular weight excluding hydrogens is 152 g/mol. The van der Waals surface area contributed by atoms with E-state index in [9.17, 15) is 4.79 Å². The summed E-state index contributed by atoms with van der Waals surface area (Å²) in [6.07, 6.45) is 3.30. The molecule has 2 heteroatoms. The van der Waals surface area contributed by atoms with Crippen molar-refractivity contribution in [3.05, 3.63) is 0 Å². The third kappa shape index (κ3) is 1.62. The molecule has 2 nitrogen and oxygen atoms in total. The highest BCUT2D eigenvalue weighted by atomic mass is 16.4. The Morgan fingerprint density at radius 2 is 2.08 bits per heavy atom. The van der Waals surface area contributed by atoms with Gasteiger partial charge in [-0.1, -0.05) is 27.2 Å². The van der Waals surface area contributed by atoms with Crippen molar-refractivity contribution in [1.29, 1.82) is 0 Å². The zero-order chi connectivity index (χ0) is 9.35. The Bertz CT molecular complexity index is 184. The summed E-state index contributed by atoms with van der Waals surface area (Å²) in [6.45, 7) is 6.20. The van der Waals surface area contributed by atoms with Crippen molar-refractivity contribution in [2.45, 2.75) is 40.0 Å². The quantitative estimate of drug-likeness (QED) is 0.656. The van der Waals surface area contributed by atoms with E-state index in [2.05, 4.69) is 20.8 Å². The van der Waals surface area contributed by atoms with Crippen molar-refractivity contribution in [3.63, 3.8) is 0 Å². The average Bonchev–Trinajstić information content (AvgIpc) is 1.82. The maximum atomic E-state index is 11.0. The molecule has 0 radical (unpaired) electrons. The van der Waals surface area contributed by atoms with Crippen LogP contribution in [0, 0.1) is 17.3 Å². The van der Waals surface area contributed by atoms with E-state index in [-0.39, 0.29) is 11.3 Å². The van der Waals surface area contributed by atoms with Gasteiger partial charge in [0.15, 0.2) is 0 Å². The minimum Gasteiger partial charge on any atom is -0.481 e. The van der Waals surface area contributed by atoms with Crippen LogP contribution in [-0.2, 0) is 4.79 Å². The van der Waals surface area contributed by atoms with Crippen molar-refractivity contribution in [2.24, 2.45) is 17.3 Å². The maximum absolute atomic E-state index is 11.0. The predicted octanol–water partition coefficient (Wildman–Crippen LogP) is 2.53. The Morgan fingerprint density at radius 3 is 2.42 bits per heavy atom. The Kier molecular flexibility index (Phi) is 2.45. The Hall–Kier alpha value is -0.530. The Labute approximate surface area is 74.0 Å². The van der Waals surface area contributed by atoms with Crippen LogP contribution < -0.4 is 0 Å². The van der Waals surface area contributed by atoms with E-state index in [0.29, 0.717) is 5.92 Å². The molecular formula is C10H18O2. The number of rotatable bonds is 1. The molecule has 1 fully saturated rings. The Balaban J connectivity index is 2.81. The van der Waals surface area contributed by atoms with Gasteiger partial charge in [0.05, 0.1) is 5.92 Å². The van der Waals surface area contributed by atoms with Gasteiger partial charge in [-0.25, -0.2) is 0 Å². The summed E-state index contributed by atoms with van der Waals surface area (Å²) in [5.74, 6) is -0.426. The van der Waals surface area contributed by atoms with Gasteiger partial charge in [-0.15, -0.1) is 0 Å². The third-order valence-electron chi connectivity index (χ3n) is 3.16. The van der Waals surface area contributed by atoms with Crippen LogP contribution >= 0.6 is 0 Å². The van der Waals surface area contributed by atoms with Gasteiger partial charge in [-0.2, -0.15) is 0 Å². The lowest BCUT2D eigenvalue weighted by molar-refractivity contribution is -0.150. The van der Waals surface area contributed by atoms with Gasteiger partial charge in [0.1, 0.15) is 0 Å². The molecule has 0 bridgehead atoms. The fraction of sp³-hybridized carbons (Fsp3) is 0.900. The first-order chi connectivity index (χ1) is 5.45. The SMILES string of the molecule is C[C@H]1CCCC(C)(C)[C@H]1C(=O)O. The number of carbonyl (C=O) groups is 1. The van der Waals surface area contributed by atoms with Crippen molar-refractivity contribution < 1.29 is 9.90 Å². The number of carboxylic acid groups (broad SMARTS) is 1. The second kappa shape index (κ2) is 3.08. The van der Waals surface area contributed by atoms with Gasteiger partial charge in [0, 0.05) is 0 Å². The smallest absolute Gasteiger partial charge is 0.307 e. The lowest BCUT2D eigenvalue weighted by Crippen LogP contribution is -2.39. The largest absolute Gasteiger partial charge is 0.481 e. The normalized spacial score (nSPS) is 34.6. The number of carboxylic acids is 1. The lowest BCUT2D eigenvalue weighted by atomic mass is 9.64. The molecule has 0 spiro atoms. The summed E-state index contributed by atoms with van der Waals surface area (Å²) >= 11 is 0. The number of hydrogen-bond acceptors (Lipinski definition) is 1.